The van der Waals surface area contributed by atoms with Crippen molar-refractivity contribution in [3.05, 3.63) is 28.8 Å². The Morgan fingerprint density at radius 1 is 1.16 bits per heavy atom. The van der Waals surface area contributed by atoms with Crippen LogP contribution in [0.2, 0.25) is 0 Å². The Morgan fingerprint density at radius 3 is 2.37 bits per heavy atom. The summed E-state index contributed by atoms with van der Waals surface area (Å²) in [6.45, 7) is 6.35. The first-order valence-corrected chi connectivity index (χ1v) is 7.31. The number of hydrogen-bond acceptors (Lipinski definition) is 2. The van der Waals surface area contributed by atoms with Crippen molar-refractivity contribution in [1.29, 1.82) is 0 Å². The zero-order valence-corrected chi connectivity index (χ0v) is 12.6. The van der Waals surface area contributed by atoms with Crippen LogP contribution in [0.3, 0.4) is 0 Å². The highest BCUT2D eigenvalue weighted by Crippen LogP contribution is 2.48. The molecule has 0 aromatic heterocycles. The summed E-state index contributed by atoms with van der Waals surface area (Å²) in [5, 5.41) is 10.9. The van der Waals surface area contributed by atoms with Crippen LogP contribution in [-0.2, 0) is 0 Å². The number of aryl methyl sites for hydroxylation is 2. The van der Waals surface area contributed by atoms with E-state index >= 15 is 0 Å². The SMILES string of the molecule is COc1cc(C)cc(C)c1C(O)C1(C)CCCCC1. The summed E-state index contributed by atoms with van der Waals surface area (Å²) in [6.07, 6.45) is 5.52. The Bertz CT molecular complexity index is 445. The van der Waals surface area contributed by atoms with Gasteiger partial charge in [0.25, 0.3) is 0 Å². The van der Waals surface area contributed by atoms with Crippen molar-refractivity contribution in [3.63, 3.8) is 0 Å². The second-order valence-corrected chi connectivity index (χ2v) is 6.31. The molecule has 2 heteroatoms. The van der Waals surface area contributed by atoms with Gasteiger partial charge in [0, 0.05) is 5.56 Å². The number of hydrogen-bond donors (Lipinski definition) is 1. The maximum absolute atomic E-state index is 10.9. The lowest BCUT2D eigenvalue weighted by molar-refractivity contribution is 0.00626. The summed E-state index contributed by atoms with van der Waals surface area (Å²) in [7, 11) is 1.69. The third-order valence-corrected chi connectivity index (χ3v) is 4.64. The van der Waals surface area contributed by atoms with E-state index in [9.17, 15) is 5.11 Å². The molecule has 19 heavy (non-hydrogen) atoms. The number of aliphatic hydroxyl groups is 1. The molecule has 1 atom stereocenters. The van der Waals surface area contributed by atoms with E-state index in [0.717, 1.165) is 29.7 Å². The third kappa shape index (κ3) is 2.79. The highest BCUT2D eigenvalue weighted by atomic mass is 16.5. The van der Waals surface area contributed by atoms with Gasteiger partial charge in [-0.3, -0.25) is 0 Å². The number of methoxy groups -OCH3 is 1. The van der Waals surface area contributed by atoms with E-state index in [0.29, 0.717) is 0 Å². The van der Waals surface area contributed by atoms with E-state index < -0.39 is 6.10 Å². The van der Waals surface area contributed by atoms with Crippen LogP contribution < -0.4 is 4.74 Å². The molecule has 0 saturated heterocycles. The summed E-state index contributed by atoms with van der Waals surface area (Å²) in [5.41, 5.74) is 3.29. The molecule has 2 rings (SSSR count). The quantitative estimate of drug-likeness (QED) is 0.879. The van der Waals surface area contributed by atoms with Crippen LogP contribution in [0.5, 0.6) is 5.75 Å². The average molecular weight is 262 g/mol. The molecule has 1 aromatic carbocycles. The smallest absolute Gasteiger partial charge is 0.125 e. The normalized spacial score (nSPS) is 20.1. The standard InChI is InChI=1S/C17H26O2/c1-12-10-13(2)15(14(11-12)19-4)16(18)17(3)8-6-5-7-9-17/h10-11,16,18H,5-9H2,1-4H3. The minimum Gasteiger partial charge on any atom is -0.496 e. The van der Waals surface area contributed by atoms with E-state index in [1.54, 1.807) is 7.11 Å². The lowest BCUT2D eigenvalue weighted by atomic mass is 9.69. The molecule has 106 valence electrons. The van der Waals surface area contributed by atoms with Crippen molar-refractivity contribution in [2.75, 3.05) is 7.11 Å². The summed E-state index contributed by atoms with van der Waals surface area (Å²) in [5.74, 6) is 0.830. The van der Waals surface area contributed by atoms with Gasteiger partial charge in [-0.15, -0.1) is 0 Å². The van der Waals surface area contributed by atoms with Crippen LogP contribution in [0.4, 0.5) is 0 Å². The highest BCUT2D eigenvalue weighted by Gasteiger charge is 2.37. The van der Waals surface area contributed by atoms with Crippen LogP contribution in [0, 0.1) is 19.3 Å². The van der Waals surface area contributed by atoms with Crippen LogP contribution in [0.1, 0.15) is 61.8 Å². The van der Waals surface area contributed by atoms with E-state index in [-0.39, 0.29) is 5.41 Å². The van der Waals surface area contributed by atoms with E-state index in [4.69, 9.17) is 4.74 Å². The molecule has 1 aliphatic carbocycles. The van der Waals surface area contributed by atoms with Gasteiger partial charge < -0.3 is 9.84 Å². The number of benzene rings is 1. The summed E-state index contributed by atoms with van der Waals surface area (Å²) in [4.78, 5) is 0. The second-order valence-electron chi connectivity index (χ2n) is 6.31. The molecule has 1 aromatic rings. The Kier molecular flexibility index (Phi) is 4.19. The topological polar surface area (TPSA) is 29.5 Å². The largest absolute Gasteiger partial charge is 0.496 e. The predicted molar refractivity (Wildman–Crippen MR) is 78.6 cm³/mol. The van der Waals surface area contributed by atoms with Crippen molar-refractivity contribution in [3.8, 4) is 5.75 Å². The van der Waals surface area contributed by atoms with Crippen LogP contribution in [-0.4, -0.2) is 12.2 Å². The molecule has 0 radical (unpaired) electrons. The molecule has 1 saturated carbocycles. The van der Waals surface area contributed by atoms with E-state index in [2.05, 4.69) is 26.8 Å². The molecule has 0 bridgehead atoms. The van der Waals surface area contributed by atoms with Gasteiger partial charge in [0.05, 0.1) is 13.2 Å². The first kappa shape index (κ1) is 14.4. The molecule has 1 unspecified atom stereocenters. The molecule has 0 spiro atoms. The van der Waals surface area contributed by atoms with Gasteiger partial charge in [-0.1, -0.05) is 32.3 Å². The van der Waals surface area contributed by atoms with Crippen molar-refractivity contribution in [2.45, 2.75) is 59.0 Å². The predicted octanol–water partition coefficient (Wildman–Crippen LogP) is 4.32. The average Bonchev–Trinajstić information content (AvgIpc) is 2.38. The second kappa shape index (κ2) is 5.54. The fourth-order valence-corrected chi connectivity index (χ4v) is 3.44. The zero-order valence-electron chi connectivity index (χ0n) is 12.6. The van der Waals surface area contributed by atoms with Gasteiger partial charge in [0.15, 0.2) is 0 Å². The first-order valence-electron chi connectivity index (χ1n) is 7.31. The zero-order chi connectivity index (χ0) is 14.0. The Labute approximate surface area is 116 Å². The van der Waals surface area contributed by atoms with Crippen LogP contribution >= 0.6 is 0 Å². The molecular formula is C17H26O2. The van der Waals surface area contributed by atoms with Crippen LogP contribution in [0.25, 0.3) is 0 Å². The summed E-state index contributed by atoms with van der Waals surface area (Å²) < 4.78 is 5.50. The molecule has 1 aliphatic rings. The third-order valence-electron chi connectivity index (χ3n) is 4.64. The van der Waals surface area contributed by atoms with E-state index in [1.165, 1.54) is 24.8 Å². The van der Waals surface area contributed by atoms with Gasteiger partial charge in [-0.2, -0.15) is 0 Å². The lowest BCUT2D eigenvalue weighted by Crippen LogP contribution is -2.29. The molecule has 0 heterocycles. The van der Waals surface area contributed by atoms with Gasteiger partial charge in [-0.05, 0) is 49.3 Å². The van der Waals surface area contributed by atoms with Crippen molar-refractivity contribution < 1.29 is 9.84 Å². The summed E-state index contributed by atoms with van der Waals surface area (Å²) >= 11 is 0. The lowest BCUT2D eigenvalue weighted by Gasteiger charge is -2.39. The Morgan fingerprint density at radius 2 is 1.79 bits per heavy atom. The number of ether oxygens (including phenoxy) is 1. The minimum atomic E-state index is -0.427. The van der Waals surface area contributed by atoms with E-state index in [1.807, 2.05) is 6.07 Å². The maximum Gasteiger partial charge on any atom is 0.125 e. The fraction of sp³-hybridized carbons (Fsp3) is 0.647. The molecule has 0 amide bonds. The fourth-order valence-electron chi connectivity index (χ4n) is 3.44. The monoisotopic (exact) mass is 262 g/mol. The highest BCUT2D eigenvalue weighted by molar-refractivity contribution is 5.45. The number of rotatable bonds is 3. The van der Waals surface area contributed by atoms with Crippen molar-refractivity contribution >= 4 is 0 Å². The van der Waals surface area contributed by atoms with Gasteiger partial charge in [-0.25, -0.2) is 0 Å². The first-order chi connectivity index (χ1) is 8.98. The van der Waals surface area contributed by atoms with Crippen molar-refractivity contribution in [1.82, 2.24) is 0 Å². The molecule has 1 fully saturated rings. The van der Waals surface area contributed by atoms with Crippen LogP contribution in [0.15, 0.2) is 12.1 Å². The maximum atomic E-state index is 10.9. The molecular weight excluding hydrogens is 236 g/mol. The summed E-state index contributed by atoms with van der Waals surface area (Å²) in [6, 6.07) is 4.16. The van der Waals surface area contributed by atoms with Gasteiger partial charge >= 0.3 is 0 Å². The van der Waals surface area contributed by atoms with Crippen molar-refractivity contribution in [2.24, 2.45) is 5.41 Å². The Balaban J connectivity index is 2.40. The number of aliphatic hydroxyl groups excluding tert-OH is 1. The molecule has 0 aliphatic heterocycles. The minimum absolute atomic E-state index is 0.00838. The Hall–Kier alpha value is -1.02. The van der Waals surface area contributed by atoms with Gasteiger partial charge in [0.1, 0.15) is 5.75 Å². The molecule has 1 N–H and O–H groups in total. The van der Waals surface area contributed by atoms with Gasteiger partial charge in [0.2, 0.25) is 0 Å². The molecule has 2 nitrogen and oxygen atoms in total.